The number of carbonyl (C=O) groups is 1. The third-order valence-electron chi connectivity index (χ3n) is 3.27. The molecule has 0 amide bonds. The number of ketones is 1. The van der Waals surface area contributed by atoms with Crippen LogP contribution in [0.2, 0.25) is 0 Å². The van der Waals surface area contributed by atoms with Crippen molar-refractivity contribution in [1.82, 2.24) is 0 Å². The van der Waals surface area contributed by atoms with Crippen LogP contribution in [0.1, 0.15) is 44.0 Å². The first-order chi connectivity index (χ1) is 8.21. The maximum absolute atomic E-state index is 12.0. The van der Waals surface area contributed by atoms with Gasteiger partial charge < -0.3 is 10.2 Å². The number of Topliss-reactive ketones (excluding diaryl/α,β-unsaturated/α-hetero) is 1. The van der Waals surface area contributed by atoms with Gasteiger partial charge in [-0.2, -0.15) is 0 Å². The number of aromatic hydroxyl groups is 1. The van der Waals surface area contributed by atoms with E-state index in [0.717, 1.165) is 4.47 Å². The summed E-state index contributed by atoms with van der Waals surface area (Å²) in [5.74, 6) is -0.0836. The zero-order valence-electron chi connectivity index (χ0n) is 10.9. The van der Waals surface area contributed by atoms with Gasteiger partial charge in [0.05, 0.1) is 11.2 Å². The number of hydrogen-bond acceptors (Lipinski definition) is 3. The van der Waals surface area contributed by atoms with E-state index in [9.17, 15) is 15.0 Å². The average molecular weight is 315 g/mol. The van der Waals surface area contributed by atoms with Gasteiger partial charge in [-0.05, 0) is 44.4 Å². The fourth-order valence-corrected chi connectivity index (χ4v) is 1.93. The van der Waals surface area contributed by atoms with Gasteiger partial charge in [-0.25, -0.2) is 0 Å². The van der Waals surface area contributed by atoms with Crippen LogP contribution < -0.4 is 0 Å². The molecule has 1 aromatic rings. The molecule has 0 radical (unpaired) electrons. The number of carbonyl (C=O) groups excluding carboxylic acids is 1. The Kier molecular flexibility index (Phi) is 4.93. The maximum Gasteiger partial charge on any atom is 0.166 e. The molecule has 1 aromatic carbocycles. The van der Waals surface area contributed by atoms with Gasteiger partial charge in [0.2, 0.25) is 0 Å². The molecule has 0 spiro atoms. The summed E-state index contributed by atoms with van der Waals surface area (Å²) in [5.41, 5.74) is -0.466. The van der Waals surface area contributed by atoms with Crippen molar-refractivity contribution in [2.24, 2.45) is 5.92 Å². The lowest BCUT2D eigenvalue weighted by Gasteiger charge is -2.25. The molecule has 4 heteroatoms. The third-order valence-corrected chi connectivity index (χ3v) is 3.76. The number of aliphatic hydroxyl groups is 1. The van der Waals surface area contributed by atoms with Gasteiger partial charge >= 0.3 is 0 Å². The number of hydrogen-bond donors (Lipinski definition) is 2. The van der Waals surface area contributed by atoms with Crippen LogP contribution in [0.5, 0.6) is 5.75 Å². The number of phenols is 1. The van der Waals surface area contributed by atoms with Crippen LogP contribution in [-0.4, -0.2) is 21.6 Å². The first kappa shape index (κ1) is 15.2. The van der Waals surface area contributed by atoms with E-state index in [0.29, 0.717) is 18.4 Å². The van der Waals surface area contributed by atoms with E-state index >= 15 is 0 Å². The topological polar surface area (TPSA) is 57.5 Å². The molecule has 0 saturated carbocycles. The Hall–Kier alpha value is -0.870. The van der Waals surface area contributed by atoms with Crippen molar-refractivity contribution < 1.29 is 15.0 Å². The minimum atomic E-state index is -0.792. The Balaban J connectivity index is 2.69. The summed E-state index contributed by atoms with van der Waals surface area (Å²) in [7, 11) is 0. The molecule has 1 rings (SSSR count). The second-order valence-electron chi connectivity index (χ2n) is 5.18. The lowest BCUT2D eigenvalue weighted by Crippen LogP contribution is -2.28. The van der Waals surface area contributed by atoms with E-state index in [4.69, 9.17) is 0 Å². The average Bonchev–Trinajstić information content (AvgIpc) is 2.27. The second kappa shape index (κ2) is 5.85. The van der Waals surface area contributed by atoms with Crippen LogP contribution in [0.3, 0.4) is 0 Å². The minimum absolute atomic E-state index is 0.000822. The van der Waals surface area contributed by atoms with Gasteiger partial charge in [-0.3, -0.25) is 4.79 Å². The highest BCUT2D eigenvalue weighted by molar-refractivity contribution is 9.10. The van der Waals surface area contributed by atoms with Crippen LogP contribution in [0.25, 0.3) is 0 Å². The summed E-state index contributed by atoms with van der Waals surface area (Å²) >= 11 is 3.27. The van der Waals surface area contributed by atoms with Gasteiger partial charge in [0.1, 0.15) is 5.75 Å². The second-order valence-corrected chi connectivity index (χ2v) is 6.09. The normalized spacial score (nSPS) is 13.4. The molecule has 0 aliphatic heterocycles. The Labute approximate surface area is 116 Å². The molecular formula is C14H19BrO3. The molecule has 2 N–H and O–H groups in total. The number of halogens is 1. The van der Waals surface area contributed by atoms with Gasteiger partial charge in [0, 0.05) is 10.9 Å². The molecule has 1 atom stereocenters. The lowest BCUT2D eigenvalue weighted by molar-refractivity contribution is 0.0208. The Bertz CT molecular complexity index is 435. The highest BCUT2D eigenvalue weighted by Gasteiger charge is 2.23. The smallest absolute Gasteiger partial charge is 0.166 e. The van der Waals surface area contributed by atoms with Gasteiger partial charge in [-0.1, -0.05) is 22.9 Å². The standard InChI is InChI=1S/C14H19BrO3/c1-9(14(2,3)18)4-6-12(16)11-8-10(15)5-7-13(11)17/h5,7-9,17-18H,4,6H2,1-3H3. The molecule has 1 unspecified atom stereocenters. The van der Waals surface area contributed by atoms with Crippen LogP contribution in [0.4, 0.5) is 0 Å². The molecule has 0 fully saturated rings. The first-order valence-electron chi connectivity index (χ1n) is 5.96. The summed E-state index contributed by atoms with van der Waals surface area (Å²) in [6, 6.07) is 4.80. The molecule has 0 bridgehead atoms. The van der Waals surface area contributed by atoms with Crippen LogP contribution >= 0.6 is 15.9 Å². The Morgan fingerprint density at radius 2 is 2.06 bits per heavy atom. The van der Waals surface area contributed by atoms with Crippen molar-refractivity contribution in [3.63, 3.8) is 0 Å². The first-order valence-corrected chi connectivity index (χ1v) is 6.75. The molecule has 0 saturated heterocycles. The summed E-state index contributed by atoms with van der Waals surface area (Å²) in [6.45, 7) is 5.38. The van der Waals surface area contributed by atoms with Crippen molar-refractivity contribution in [3.8, 4) is 5.75 Å². The van der Waals surface area contributed by atoms with Crippen molar-refractivity contribution in [3.05, 3.63) is 28.2 Å². The Morgan fingerprint density at radius 3 is 2.61 bits per heavy atom. The van der Waals surface area contributed by atoms with Gasteiger partial charge in [0.25, 0.3) is 0 Å². The fraction of sp³-hybridized carbons (Fsp3) is 0.500. The number of rotatable bonds is 5. The predicted octanol–water partition coefficient (Wildman–Crippen LogP) is 3.52. The molecule has 3 nitrogen and oxygen atoms in total. The number of benzene rings is 1. The summed E-state index contributed by atoms with van der Waals surface area (Å²) in [6.07, 6.45) is 0.906. The minimum Gasteiger partial charge on any atom is -0.507 e. The molecule has 0 heterocycles. The maximum atomic E-state index is 12.0. The molecule has 0 aromatic heterocycles. The van der Waals surface area contributed by atoms with E-state index in [1.807, 2.05) is 6.92 Å². The van der Waals surface area contributed by atoms with Gasteiger partial charge in [-0.15, -0.1) is 0 Å². The van der Waals surface area contributed by atoms with E-state index in [1.54, 1.807) is 26.0 Å². The molecule has 0 aliphatic rings. The monoisotopic (exact) mass is 314 g/mol. The molecular weight excluding hydrogens is 296 g/mol. The van der Waals surface area contributed by atoms with Crippen molar-refractivity contribution in [1.29, 1.82) is 0 Å². The molecule has 0 aliphatic carbocycles. The lowest BCUT2D eigenvalue weighted by atomic mass is 9.87. The fourth-order valence-electron chi connectivity index (χ4n) is 1.57. The van der Waals surface area contributed by atoms with Crippen LogP contribution in [0, 0.1) is 5.92 Å². The highest BCUT2D eigenvalue weighted by atomic mass is 79.9. The third kappa shape index (κ3) is 4.10. The predicted molar refractivity (Wildman–Crippen MR) is 74.8 cm³/mol. The van der Waals surface area contributed by atoms with E-state index in [1.165, 1.54) is 6.07 Å². The highest BCUT2D eigenvalue weighted by Crippen LogP contribution is 2.26. The molecule has 18 heavy (non-hydrogen) atoms. The van der Waals surface area contributed by atoms with E-state index in [2.05, 4.69) is 15.9 Å². The zero-order chi connectivity index (χ0) is 13.9. The number of phenolic OH excluding ortho intramolecular Hbond substituents is 1. The van der Waals surface area contributed by atoms with Crippen molar-refractivity contribution >= 4 is 21.7 Å². The van der Waals surface area contributed by atoms with Crippen molar-refractivity contribution in [2.45, 2.75) is 39.2 Å². The quantitative estimate of drug-likeness (QED) is 0.817. The largest absolute Gasteiger partial charge is 0.507 e. The SMILES string of the molecule is CC(CCC(=O)c1cc(Br)ccc1O)C(C)(C)O. The Morgan fingerprint density at radius 1 is 1.44 bits per heavy atom. The van der Waals surface area contributed by atoms with Gasteiger partial charge in [0.15, 0.2) is 5.78 Å². The summed E-state index contributed by atoms with van der Waals surface area (Å²) < 4.78 is 0.763. The molecule has 100 valence electrons. The van der Waals surface area contributed by atoms with E-state index in [-0.39, 0.29) is 17.5 Å². The van der Waals surface area contributed by atoms with Crippen LogP contribution in [-0.2, 0) is 0 Å². The zero-order valence-corrected chi connectivity index (χ0v) is 12.5. The van der Waals surface area contributed by atoms with Crippen LogP contribution in [0.15, 0.2) is 22.7 Å². The summed E-state index contributed by atoms with van der Waals surface area (Å²) in [5, 5.41) is 19.4. The van der Waals surface area contributed by atoms with E-state index < -0.39 is 5.60 Å². The van der Waals surface area contributed by atoms with Crippen molar-refractivity contribution in [2.75, 3.05) is 0 Å². The summed E-state index contributed by atoms with van der Waals surface area (Å²) in [4.78, 5) is 12.0.